The summed E-state index contributed by atoms with van der Waals surface area (Å²) in [5, 5.41) is 10.8. The first-order valence-electron chi connectivity index (χ1n) is 7.06. The van der Waals surface area contributed by atoms with Gasteiger partial charge in [-0.05, 0) is 25.0 Å². The van der Waals surface area contributed by atoms with Crippen molar-refractivity contribution in [3.05, 3.63) is 30.1 Å². The summed E-state index contributed by atoms with van der Waals surface area (Å²) in [6.45, 7) is -0.295. The third-order valence-corrected chi connectivity index (χ3v) is 5.62. The van der Waals surface area contributed by atoms with Crippen LogP contribution in [0.5, 0.6) is 0 Å². The van der Waals surface area contributed by atoms with Crippen molar-refractivity contribution in [2.45, 2.75) is 17.7 Å². The Hall–Kier alpha value is -2.00. The van der Waals surface area contributed by atoms with Gasteiger partial charge in [-0.1, -0.05) is 12.1 Å². The number of carbonyl (C=O) groups is 2. The van der Waals surface area contributed by atoms with E-state index in [9.17, 15) is 22.4 Å². The standard InChI is InChI=1S/C14H17FN2O5S/c15-11-3-1-2-4-12(11)23(21,22)17-7-5-10(6-8-17)14(20)16-9-13(18)19/h1-4,10H,5-9H2,(H,16,20)(H,18,19). The van der Waals surface area contributed by atoms with Gasteiger partial charge in [-0.2, -0.15) is 4.31 Å². The van der Waals surface area contributed by atoms with E-state index in [1.54, 1.807) is 0 Å². The van der Waals surface area contributed by atoms with Crippen molar-refractivity contribution in [3.8, 4) is 0 Å². The summed E-state index contributed by atoms with van der Waals surface area (Å²) in [5.74, 6) is -2.80. The van der Waals surface area contributed by atoms with E-state index in [4.69, 9.17) is 5.11 Å². The van der Waals surface area contributed by atoms with E-state index < -0.39 is 40.2 Å². The third-order valence-electron chi connectivity index (χ3n) is 3.69. The summed E-state index contributed by atoms with van der Waals surface area (Å²) in [6, 6.07) is 5.14. The van der Waals surface area contributed by atoms with Crippen LogP contribution in [0.15, 0.2) is 29.2 Å². The van der Waals surface area contributed by atoms with Crippen molar-refractivity contribution in [2.75, 3.05) is 19.6 Å². The smallest absolute Gasteiger partial charge is 0.322 e. The topological polar surface area (TPSA) is 104 Å². The number of aliphatic carboxylic acids is 1. The van der Waals surface area contributed by atoms with E-state index in [0.29, 0.717) is 0 Å². The average molecular weight is 344 g/mol. The molecule has 23 heavy (non-hydrogen) atoms. The molecule has 9 heteroatoms. The molecule has 126 valence electrons. The highest BCUT2D eigenvalue weighted by molar-refractivity contribution is 7.89. The van der Waals surface area contributed by atoms with Crippen LogP contribution in [0.25, 0.3) is 0 Å². The van der Waals surface area contributed by atoms with E-state index in [-0.39, 0.29) is 30.8 Å². The summed E-state index contributed by atoms with van der Waals surface area (Å²) in [7, 11) is -3.94. The average Bonchev–Trinajstić information content (AvgIpc) is 2.53. The summed E-state index contributed by atoms with van der Waals surface area (Å²) >= 11 is 0. The third kappa shape index (κ3) is 4.05. The zero-order valence-electron chi connectivity index (χ0n) is 12.2. The Balaban J connectivity index is 2.00. The fourth-order valence-electron chi connectivity index (χ4n) is 2.46. The second-order valence-electron chi connectivity index (χ2n) is 5.22. The number of piperidine rings is 1. The number of benzene rings is 1. The lowest BCUT2D eigenvalue weighted by molar-refractivity contribution is -0.138. The molecule has 1 aromatic carbocycles. The van der Waals surface area contributed by atoms with Crippen molar-refractivity contribution in [1.82, 2.24) is 9.62 Å². The van der Waals surface area contributed by atoms with Gasteiger partial charge in [0.1, 0.15) is 17.3 Å². The molecule has 1 aliphatic rings. The number of amides is 1. The highest BCUT2D eigenvalue weighted by Crippen LogP contribution is 2.25. The number of nitrogens with zero attached hydrogens (tertiary/aromatic N) is 1. The molecule has 1 aromatic rings. The van der Waals surface area contributed by atoms with Crippen LogP contribution in [-0.2, 0) is 19.6 Å². The predicted molar refractivity (Wildman–Crippen MR) is 78.5 cm³/mol. The van der Waals surface area contributed by atoms with E-state index in [1.807, 2.05) is 0 Å². The van der Waals surface area contributed by atoms with Gasteiger partial charge in [-0.3, -0.25) is 9.59 Å². The number of sulfonamides is 1. The second-order valence-corrected chi connectivity index (χ2v) is 7.13. The molecule has 0 atom stereocenters. The van der Waals surface area contributed by atoms with Crippen LogP contribution >= 0.6 is 0 Å². The molecule has 7 nitrogen and oxygen atoms in total. The lowest BCUT2D eigenvalue weighted by atomic mass is 9.97. The first kappa shape index (κ1) is 17.4. The molecule has 0 spiro atoms. The number of hydrogen-bond acceptors (Lipinski definition) is 4. The number of carbonyl (C=O) groups excluding carboxylic acids is 1. The van der Waals surface area contributed by atoms with Gasteiger partial charge in [0.2, 0.25) is 15.9 Å². The Bertz CT molecular complexity index is 699. The van der Waals surface area contributed by atoms with E-state index in [1.165, 1.54) is 18.2 Å². The molecule has 0 aromatic heterocycles. The zero-order chi connectivity index (χ0) is 17.0. The molecule has 0 bridgehead atoms. The largest absolute Gasteiger partial charge is 0.480 e. The molecule has 2 rings (SSSR count). The highest BCUT2D eigenvalue weighted by atomic mass is 32.2. The number of halogens is 1. The Labute approximate surface area is 133 Å². The SMILES string of the molecule is O=C(O)CNC(=O)C1CCN(S(=O)(=O)c2ccccc2F)CC1. The molecule has 1 aliphatic heterocycles. The second kappa shape index (κ2) is 7.05. The maximum atomic E-state index is 13.7. The van der Waals surface area contributed by atoms with Gasteiger partial charge in [0.15, 0.2) is 0 Å². The summed E-state index contributed by atoms with van der Waals surface area (Å²) in [4.78, 5) is 21.8. The van der Waals surface area contributed by atoms with Crippen molar-refractivity contribution >= 4 is 21.9 Å². The predicted octanol–water partition coefficient (Wildman–Crippen LogP) is 0.427. The zero-order valence-corrected chi connectivity index (χ0v) is 13.1. The lowest BCUT2D eigenvalue weighted by Crippen LogP contribution is -2.44. The molecule has 1 saturated heterocycles. The van der Waals surface area contributed by atoms with E-state index in [2.05, 4.69) is 5.32 Å². The molecule has 1 fully saturated rings. The minimum atomic E-state index is -3.94. The fraction of sp³-hybridized carbons (Fsp3) is 0.429. The van der Waals surface area contributed by atoms with Gasteiger partial charge in [0, 0.05) is 19.0 Å². The van der Waals surface area contributed by atoms with Gasteiger partial charge in [0.25, 0.3) is 0 Å². The van der Waals surface area contributed by atoms with Crippen LogP contribution in [0, 0.1) is 11.7 Å². The minimum absolute atomic E-state index is 0.0851. The summed E-state index contributed by atoms with van der Waals surface area (Å²) in [6.07, 6.45) is 0.526. The fourth-order valence-corrected chi connectivity index (χ4v) is 3.99. The van der Waals surface area contributed by atoms with E-state index in [0.717, 1.165) is 10.4 Å². The van der Waals surface area contributed by atoms with Crippen LogP contribution in [-0.4, -0.2) is 49.3 Å². The van der Waals surface area contributed by atoms with Crippen molar-refractivity contribution in [2.24, 2.45) is 5.92 Å². The molecule has 1 amide bonds. The number of carboxylic acids is 1. The monoisotopic (exact) mass is 344 g/mol. The van der Waals surface area contributed by atoms with Crippen molar-refractivity contribution in [3.63, 3.8) is 0 Å². The van der Waals surface area contributed by atoms with Crippen molar-refractivity contribution < 1.29 is 27.5 Å². The molecule has 0 radical (unpaired) electrons. The molecule has 0 aliphatic carbocycles. The first-order chi connectivity index (χ1) is 10.8. The molecule has 0 saturated carbocycles. The Morgan fingerprint density at radius 1 is 1.26 bits per heavy atom. The van der Waals surface area contributed by atoms with Crippen LogP contribution in [0.1, 0.15) is 12.8 Å². The normalized spacial score (nSPS) is 16.9. The number of nitrogens with one attached hydrogen (secondary N) is 1. The Morgan fingerprint density at radius 3 is 2.43 bits per heavy atom. The van der Waals surface area contributed by atoms with Crippen LogP contribution in [0.4, 0.5) is 4.39 Å². The number of rotatable bonds is 5. The Morgan fingerprint density at radius 2 is 1.87 bits per heavy atom. The van der Waals surface area contributed by atoms with Crippen LogP contribution < -0.4 is 5.32 Å². The summed E-state index contributed by atoms with van der Waals surface area (Å²) < 4.78 is 39.7. The maximum absolute atomic E-state index is 13.7. The molecule has 1 heterocycles. The maximum Gasteiger partial charge on any atom is 0.322 e. The van der Waals surface area contributed by atoms with Gasteiger partial charge in [0.05, 0.1) is 0 Å². The van der Waals surface area contributed by atoms with E-state index >= 15 is 0 Å². The van der Waals surface area contributed by atoms with Crippen LogP contribution in [0.2, 0.25) is 0 Å². The van der Waals surface area contributed by atoms with Gasteiger partial charge in [-0.15, -0.1) is 0 Å². The van der Waals surface area contributed by atoms with Gasteiger partial charge in [-0.25, -0.2) is 12.8 Å². The molecule has 0 unspecified atom stereocenters. The van der Waals surface area contributed by atoms with Gasteiger partial charge < -0.3 is 10.4 Å². The van der Waals surface area contributed by atoms with Crippen molar-refractivity contribution in [1.29, 1.82) is 0 Å². The minimum Gasteiger partial charge on any atom is -0.480 e. The number of carboxylic acid groups (broad SMARTS) is 1. The van der Waals surface area contributed by atoms with Crippen LogP contribution in [0.3, 0.4) is 0 Å². The molecule has 2 N–H and O–H groups in total. The first-order valence-corrected chi connectivity index (χ1v) is 8.50. The molecular formula is C14H17FN2O5S. The number of hydrogen-bond donors (Lipinski definition) is 2. The molecular weight excluding hydrogens is 327 g/mol. The summed E-state index contributed by atoms with van der Waals surface area (Å²) in [5.41, 5.74) is 0. The highest BCUT2D eigenvalue weighted by Gasteiger charge is 2.33. The Kier molecular flexibility index (Phi) is 5.32. The quantitative estimate of drug-likeness (QED) is 0.806. The lowest BCUT2D eigenvalue weighted by Gasteiger charge is -2.30. The van der Waals surface area contributed by atoms with Gasteiger partial charge >= 0.3 is 5.97 Å².